The monoisotopic (exact) mass is 532 g/mol. The van der Waals surface area contributed by atoms with Gasteiger partial charge in [0, 0.05) is 17.3 Å². The molecule has 9 heteroatoms. The minimum Gasteiger partial charge on any atom is -0.466 e. The fourth-order valence-corrected chi connectivity index (χ4v) is 6.79. The number of hydrogen-bond acceptors (Lipinski definition) is 6. The predicted molar refractivity (Wildman–Crippen MR) is 140 cm³/mol. The molecule has 1 aromatic carbocycles. The molecule has 2 amide bonds. The van der Waals surface area contributed by atoms with Crippen LogP contribution in [-0.4, -0.2) is 70.8 Å². The van der Waals surface area contributed by atoms with Crippen LogP contribution in [0.15, 0.2) is 36.9 Å². The van der Waals surface area contributed by atoms with Crippen molar-refractivity contribution in [2.75, 3.05) is 24.7 Å². The number of hydrogen-bond donors (Lipinski definition) is 1. The number of halogens is 1. The number of aliphatic hydroxyl groups is 1. The second kappa shape index (κ2) is 10.4. The highest BCUT2D eigenvalue weighted by Crippen LogP contribution is 2.64. The van der Waals surface area contributed by atoms with E-state index in [0.29, 0.717) is 30.0 Å². The molecule has 0 aliphatic carbocycles. The Hall–Kier alpha value is -2.42. The van der Waals surface area contributed by atoms with E-state index in [1.54, 1.807) is 42.2 Å². The molecule has 3 aliphatic heterocycles. The van der Waals surface area contributed by atoms with Crippen molar-refractivity contribution in [2.24, 2.45) is 17.8 Å². The van der Waals surface area contributed by atoms with E-state index in [2.05, 4.69) is 6.58 Å². The van der Waals surface area contributed by atoms with Gasteiger partial charge >= 0.3 is 5.97 Å². The molecule has 3 fully saturated rings. The van der Waals surface area contributed by atoms with Crippen LogP contribution in [-0.2, 0) is 23.9 Å². The Labute approximate surface area is 223 Å². The van der Waals surface area contributed by atoms with Crippen LogP contribution in [0, 0.1) is 17.8 Å². The Morgan fingerprint density at radius 3 is 2.57 bits per heavy atom. The molecular formula is C28H37ClN2O6. The Kier molecular flexibility index (Phi) is 7.75. The third kappa shape index (κ3) is 4.47. The molecule has 202 valence electrons. The van der Waals surface area contributed by atoms with Gasteiger partial charge < -0.3 is 24.4 Å². The van der Waals surface area contributed by atoms with Gasteiger partial charge in [-0.3, -0.25) is 14.4 Å². The topological polar surface area (TPSA) is 96.4 Å². The Bertz CT molecular complexity index is 1060. The van der Waals surface area contributed by atoms with Gasteiger partial charge in [-0.25, -0.2) is 0 Å². The summed E-state index contributed by atoms with van der Waals surface area (Å²) in [5.41, 5.74) is -1.50. The lowest BCUT2D eigenvalue weighted by atomic mass is 9.66. The molecule has 8 nitrogen and oxygen atoms in total. The highest BCUT2D eigenvalue weighted by molar-refractivity contribution is 6.30. The lowest BCUT2D eigenvalue weighted by molar-refractivity contribution is -0.160. The largest absolute Gasteiger partial charge is 0.466 e. The molecule has 3 aliphatic rings. The van der Waals surface area contributed by atoms with Gasteiger partial charge in [-0.05, 0) is 63.3 Å². The molecule has 4 rings (SSSR count). The molecule has 0 aromatic heterocycles. The summed E-state index contributed by atoms with van der Waals surface area (Å²) in [4.78, 5) is 44.9. The number of aliphatic hydroxyl groups excluding tert-OH is 1. The average Bonchev–Trinajstić information content (AvgIpc) is 3.42. The molecule has 0 radical (unpaired) electrons. The summed E-state index contributed by atoms with van der Waals surface area (Å²) in [5.74, 6) is -2.69. The number of fused-ring (bicyclic) bond motifs is 1. The standard InChI is InChI=1S/C28H37ClN2O6/c1-6-14-30(19-10-8-18(29)9-11-19)25(34)23-28-13-12-27(5,37-28)22(26(35)36-7-2)21(28)24(33)31(23)20(16-32)15-17(3)4/h6,8-11,17,20-23,32H,1,7,12-16H2,2-5H3/t20-,21+,22+,23?,27-,28?/m1/s1. The van der Waals surface area contributed by atoms with Gasteiger partial charge in [0.05, 0.1) is 30.8 Å². The summed E-state index contributed by atoms with van der Waals surface area (Å²) in [6.07, 6.45) is 3.09. The number of benzene rings is 1. The first-order chi connectivity index (χ1) is 17.5. The molecule has 2 bridgehead atoms. The van der Waals surface area contributed by atoms with Crippen LogP contribution in [0.25, 0.3) is 0 Å². The number of ether oxygens (including phenoxy) is 2. The van der Waals surface area contributed by atoms with Gasteiger partial charge in [0.15, 0.2) is 0 Å². The maximum absolute atomic E-state index is 14.5. The average molecular weight is 533 g/mol. The van der Waals surface area contributed by atoms with Crippen molar-refractivity contribution in [2.45, 2.75) is 70.2 Å². The molecule has 3 saturated heterocycles. The van der Waals surface area contributed by atoms with Crippen LogP contribution in [0.4, 0.5) is 5.69 Å². The molecule has 1 N–H and O–H groups in total. The van der Waals surface area contributed by atoms with Crippen LogP contribution in [0.5, 0.6) is 0 Å². The zero-order valence-corrected chi connectivity index (χ0v) is 22.7. The van der Waals surface area contributed by atoms with E-state index in [-0.39, 0.29) is 37.5 Å². The number of esters is 1. The fraction of sp³-hybridized carbons (Fsp3) is 0.607. The van der Waals surface area contributed by atoms with E-state index in [4.69, 9.17) is 21.1 Å². The zero-order chi connectivity index (χ0) is 27.1. The highest BCUT2D eigenvalue weighted by Gasteiger charge is 2.79. The number of rotatable bonds is 10. The van der Waals surface area contributed by atoms with Crippen molar-refractivity contribution >= 4 is 35.1 Å². The minimum absolute atomic E-state index is 0.162. The van der Waals surface area contributed by atoms with Gasteiger partial charge in [-0.15, -0.1) is 6.58 Å². The van der Waals surface area contributed by atoms with E-state index < -0.39 is 41.1 Å². The van der Waals surface area contributed by atoms with Gasteiger partial charge in [0.2, 0.25) is 5.91 Å². The molecule has 6 atom stereocenters. The van der Waals surface area contributed by atoms with Gasteiger partial charge in [-0.2, -0.15) is 0 Å². The molecule has 1 aromatic rings. The number of amides is 2. The first-order valence-corrected chi connectivity index (χ1v) is 13.4. The number of carbonyl (C=O) groups excluding carboxylic acids is 3. The molecule has 2 unspecified atom stereocenters. The number of likely N-dealkylation sites (tertiary alicyclic amines) is 1. The van der Waals surface area contributed by atoms with Crippen molar-refractivity contribution in [1.29, 1.82) is 0 Å². The maximum Gasteiger partial charge on any atom is 0.312 e. The van der Waals surface area contributed by atoms with Gasteiger partial charge in [0.25, 0.3) is 5.91 Å². The second-order valence-corrected chi connectivity index (χ2v) is 11.3. The zero-order valence-electron chi connectivity index (χ0n) is 22.0. The minimum atomic E-state index is -1.20. The summed E-state index contributed by atoms with van der Waals surface area (Å²) in [7, 11) is 0. The SMILES string of the molecule is C=CCN(C(=O)C1N([C@@H](CO)CC(C)C)C(=O)[C@@H]2[C@@H](C(=O)OCC)[C@@]3(C)CCC12O3)c1ccc(Cl)cc1. The lowest BCUT2D eigenvalue weighted by Gasteiger charge is -2.40. The van der Waals surface area contributed by atoms with Crippen molar-refractivity contribution in [1.82, 2.24) is 4.90 Å². The fourth-order valence-electron chi connectivity index (χ4n) is 6.67. The third-order valence-electron chi connectivity index (χ3n) is 8.05. The van der Waals surface area contributed by atoms with E-state index in [9.17, 15) is 19.5 Å². The first-order valence-electron chi connectivity index (χ1n) is 13.0. The number of anilines is 1. The van der Waals surface area contributed by atoms with E-state index in [0.717, 1.165) is 0 Å². The van der Waals surface area contributed by atoms with E-state index in [1.807, 2.05) is 20.8 Å². The molecule has 1 spiro atoms. The summed E-state index contributed by atoms with van der Waals surface area (Å²) in [5, 5.41) is 10.9. The van der Waals surface area contributed by atoms with Crippen molar-refractivity contribution in [3.63, 3.8) is 0 Å². The summed E-state index contributed by atoms with van der Waals surface area (Å²) < 4.78 is 12.0. The van der Waals surface area contributed by atoms with Crippen molar-refractivity contribution < 1.29 is 29.0 Å². The van der Waals surface area contributed by atoms with Crippen molar-refractivity contribution in [3.05, 3.63) is 41.9 Å². The summed E-state index contributed by atoms with van der Waals surface area (Å²) >= 11 is 6.09. The number of nitrogens with zero attached hydrogens (tertiary/aromatic N) is 2. The molecule has 0 saturated carbocycles. The molecular weight excluding hydrogens is 496 g/mol. The number of carbonyl (C=O) groups is 3. The Morgan fingerprint density at radius 2 is 2.00 bits per heavy atom. The second-order valence-electron chi connectivity index (χ2n) is 10.9. The van der Waals surface area contributed by atoms with Crippen LogP contribution in [0.3, 0.4) is 0 Å². The molecule has 3 heterocycles. The van der Waals surface area contributed by atoms with Crippen LogP contribution in [0.1, 0.15) is 47.0 Å². The lowest BCUT2D eigenvalue weighted by Crippen LogP contribution is -2.59. The summed E-state index contributed by atoms with van der Waals surface area (Å²) in [6, 6.07) is 5.27. The van der Waals surface area contributed by atoms with E-state index in [1.165, 1.54) is 4.90 Å². The Balaban J connectivity index is 1.85. The van der Waals surface area contributed by atoms with Gasteiger partial charge in [0.1, 0.15) is 17.6 Å². The summed E-state index contributed by atoms with van der Waals surface area (Å²) in [6.45, 7) is 11.5. The van der Waals surface area contributed by atoms with Crippen molar-refractivity contribution in [3.8, 4) is 0 Å². The maximum atomic E-state index is 14.5. The normalized spacial score (nSPS) is 30.9. The predicted octanol–water partition coefficient (Wildman–Crippen LogP) is 3.59. The van der Waals surface area contributed by atoms with Crippen LogP contribution < -0.4 is 4.90 Å². The van der Waals surface area contributed by atoms with Crippen LogP contribution >= 0.6 is 11.6 Å². The Morgan fingerprint density at radius 1 is 1.32 bits per heavy atom. The smallest absolute Gasteiger partial charge is 0.312 e. The first kappa shape index (κ1) is 27.6. The van der Waals surface area contributed by atoms with Gasteiger partial charge in [-0.1, -0.05) is 31.5 Å². The quantitative estimate of drug-likeness (QED) is 0.365. The highest BCUT2D eigenvalue weighted by atomic mass is 35.5. The third-order valence-corrected chi connectivity index (χ3v) is 8.30. The van der Waals surface area contributed by atoms with Crippen LogP contribution in [0.2, 0.25) is 5.02 Å². The molecule has 37 heavy (non-hydrogen) atoms. The van der Waals surface area contributed by atoms with E-state index >= 15 is 0 Å².